The summed E-state index contributed by atoms with van der Waals surface area (Å²) in [4.78, 5) is 22.4. The molecule has 1 amide bonds. The number of rotatable bonds is 0. The third-order valence-electron chi connectivity index (χ3n) is 3.59. The number of hydrogen-bond donors (Lipinski definition) is 1. The summed E-state index contributed by atoms with van der Waals surface area (Å²) in [5, 5.41) is 2.86. The highest BCUT2D eigenvalue weighted by molar-refractivity contribution is 6.11. The molecule has 0 radical (unpaired) electrons. The van der Waals surface area contributed by atoms with Crippen LogP contribution in [0.3, 0.4) is 0 Å². The minimum atomic E-state index is -0.278. The third-order valence-corrected chi connectivity index (χ3v) is 3.59. The zero-order valence-electron chi connectivity index (χ0n) is 8.60. The van der Waals surface area contributed by atoms with Crippen molar-refractivity contribution in [2.24, 2.45) is 4.99 Å². The number of nitrogens with one attached hydrogen (secondary N) is 1. The molecule has 3 aliphatic rings. The van der Waals surface area contributed by atoms with Gasteiger partial charge in [-0.25, -0.2) is 4.99 Å². The Morgan fingerprint density at radius 1 is 1.44 bits per heavy atom. The lowest BCUT2D eigenvalue weighted by atomic mass is 10.1. The first kappa shape index (κ1) is 8.27. The second kappa shape index (κ2) is 2.42. The van der Waals surface area contributed by atoms with Gasteiger partial charge in [0, 0.05) is 18.3 Å². The lowest BCUT2D eigenvalue weighted by Gasteiger charge is -2.27. The molecule has 1 saturated carbocycles. The molecule has 2 aliphatic heterocycles. The van der Waals surface area contributed by atoms with Gasteiger partial charge in [0.05, 0.1) is 11.9 Å². The van der Waals surface area contributed by atoms with Gasteiger partial charge in [0.15, 0.2) is 0 Å². The van der Waals surface area contributed by atoms with Gasteiger partial charge < -0.3 is 4.90 Å². The zero-order valence-corrected chi connectivity index (χ0v) is 8.60. The molecule has 1 aliphatic carbocycles. The van der Waals surface area contributed by atoms with Gasteiger partial charge in [0.1, 0.15) is 5.54 Å². The van der Waals surface area contributed by atoms with E-state index in [4.69, 9.17) is 0 Å². The number of aliphatic imine (C=N–C) groups is 1. The lowest BCUT2D eigenvalue weighted by molar-refractivity contribution is -0.122. The predicted octanol–water partition coefficient (Wildman–Crippen LogP) is 0.547. The third kappa shape index (κ3) is 0.839. The van der Waals surface area contributed by atoms with Crippen LogP contribution in [0.2, 0.25) is 0 Å². The maximum absolute atomic E-state index is 11.8. The lowest BCUT2D eigenvalue weighted by Crippen LogP contribution is -2.38. The molecule has 4 rings (SSSR count). The van der Waals surface area contributed by atoms with Crippen molar-refractivity contribution in [3.63, 3.8) is 0 Å². The summed E-state index contributed by atoms with van der Waals surface area (Å²) in [6.07, 6.45) is 5.39. The minimum absolute atomic E-state index is 0.104. The average Bonchev–Trinajstić information content (AvgIpc) is 3.04. The number of carbonyl (C=O) groups is 1. The van der Waals surface area contributed by atoms with Crippen molar-refractivity contribution in [3.8, 4) is 0 Å². The van der Waals surface area contributed by atoms with Gasteiger partial charge in [-0.2, -0.15) is 0 Å². The van der Waals surface area contributed by atoms with Crippen LogP contribution in [0.1, 0.15) is 18.4 Å². The van der Waals surface area contributed by atoms with Crippen molar-refractivity contribution in [1.29, 1.82) is 0 Å². The van der Waals surface area contributed by atoms with E-state index in [2.05, 4.69) is 20.2 Å². The first-order valence-corrected chi connectivity index (χ1v) is 5.40. The highest BCUT2D eigenvalue weighted by Gasteiger charge is 2.61. The van der Waals surface area contributed by atoms with Crippen LogP contribution >= 0.6 is 0 Å². The first-order valence-electron chi connectivity index (χ1n) is 5.40. The summed E-state index contributed by atoms with van der Waals surface area (Å²) >= 11 is 0. The molecule has 1 aromatic rings. The number of guanidine groups is 1. The molecule has 1 saturated heterocycles. The molecule has 5 nitrogen and oxygen atoms in total. The number of carbonyl (C=O) groups excluding carboxylic acids is 1. The van der Waals surface area contributed by atoms with Crippen LogP contribution in [0.5, 0.6) is 0 Å². The molecule has 5 heteroatoms. The number of hydrogen-bond acceptors (Lipinski definition) is 4. The van der Waals surface area contributed by atoms with Crippen LogP contribution in [0.4, 0.5) is 5.69 Å². The van der Waals surface area contributed by atoms with Crippen LogP contribution < -0.4 is 5.32 Å². The van der Waals surface area contributed by atoms with E-state index < -0.39 is 0 Å². The fraction of sp³-hybridized carbons (Fsp3) is 0.364. The average molecular weight is 214 g/mol. The Labute approximate surface area is 92.2 Å². The first-order chi connectivity index (χ1) is 7.79. The van der Waals surface area contributed by atoms with Gasteiger partial charge in [-0.1, -0.05) is 0 Å². The topological polar surface area (TPSA) is 57.6 Å². The molecule has 0 aromatic carbocycles. The highest BCUT2D eigenvalue weighted by atomic mass is 16.2. The van der Waals surface area contributed by atoms with Crippen molar-refractivity contribution in [3.05, 3.63) is 24.0 Å². The Bertz CT molecular complexity index is 533. The normalized spacial score (nSPS) is 23.6. The van der Waals surface area contributed by atoms with Gasteiger partial charge in [0.25, 0.3) is 5.91 Å². The van der Waals surface area contributed by atoms with Gasteiger partial charge in [-0.3, -0.25) is 15.1 Å². The largest absolute Gasteiger partial charge is 0.323 e. The molecule has 0 atom stereocenters. The van der Waals surface area contributed by atoms with Crippen LogP contribution in [-0.2, 0) is 11.3 Å². The molecule has 16 heavy (non-hydrogen) atoms. The van der Waals surface area contributed by atoms with E-state index in [1.807, 2.05) is 6.07 Å². The molecule has 0 bridgehead atoms. The van der Waals surface area contributed by atoms with E-state index in [-0.39, 0.29) is 11.4 Å². The summed E-state index contributed by atoms with van der Waals surface area (Å²) in [5.41, 5.74) is 1.73. The van der Waals surface area contributed by atoms with E-state index in [9.17, 15) is 4.79 Å². The summed E-state index contributed by atoms with van der Waals surface area (Å²) in [6.45, 7) is 0.759. The Hall–Kier alpha value is -1.91. The van der Waals surface area contributed by atoms with Crippen molar-refractivity contribution in [2.75, 3.05) is 0 Å². The minimum Gasteiger partial charge on any atom is -0.323 e. The van der Waals surface area contributed by atoms with Crippen LogP contribution in [0, 0.1) is 0 Å². The smallest absolute Gasteiger partial charge is 0.252 e. The molecule has 1 N–H and O–H groups in total. The van der Waals surface area contributed by atoms with E-state index in [0.717, 1.165) is 30.6 Å². The van der Waals surface area contributed by atoms with Crippen LogP contribution in [-0.4, -0.2) is 27.3 Å². The van der Waals surface area contributed by atoms with Gasteiger partial charge >= 0.3 is 0 Å². The Morgan fingerprint density at radius 2 is 2.31 bits per heavy atom. The van der Waals surface area contributed by atoms with Crippen molar-refractivity contribution < 1.29 is 4.79 Å². The van der Waals surface area contributed by atoms with E-state index in [1.54, 1.807) is 12.4 Å². The second-order valence-electron chi connectivity index (χ2n) is 4.51. The molecule has 80 valence electrons. The molecular formula is C11H10N4O. The number of fused-ring (bicyclic) bond motifs is 3. The maximum atomic E-state index is 11.8. The Balaban J connectivity index is 1.86. The SMILES string of the molecule is O=C1NC2=Nc3cnccc3CN2C12CC2. The van der Waals surface area contributed by atoms with Gasteiger partial charge in [-0.15, -0.1) is 0 Å². The van der Waals surface area contributed by atoms with Crippen molar-refractivity contribution in [1.82, 2.24) is 15.2 Å². The van der Waals surface area contributed by atoms with E-state index >= 15 is 0 Å². The monoisotopic (exact) mass is 214 g/mol. The summed E-state index contributed by atoms with van der Waals surface area (Å²) < 4.78 is 0. The van der Waals surface area contributed by atoms with Gasteiger partial charge in [-0.05, 0) is 18.9 Å². The quantitative estimate of drug-likeness (QED) is 0.686. The van der Waals surface area contributed by atoms with Crippen LogP contribution in [0.15, 0.2) is 23.5 Å². The van der Waals surface area contributed by atoms with E-state index in [1.165, 1.54) is 0 Å². The van der Waals surface area contributed by atoms with Crippen molar-refractivity contribution >= 4 is 17.6 Å². The number of nitrogens with zero attached hydrogens (tertiary/aromatic N) is 3. The molecule has 1 aromatic heterocycles. The molecule has 1 spiro atoms. The molecular weight excluding hydrogens is 204 g/mol. The van der Waals surface area contributed by atoms with E-state index in [0.29, 0.717) is 5.96 Å². The van der Waals surface area contributed by atoms with Gasteiger partial charge in [0.2, 0.25) is 5.96 Å². The highest BCUT2D eigenvalue weighted by Crippen LogP contribution is 2.47. The maximum Gasteiger partial charge on any atom is 0.252 e. The fourth-order valence-electron chi connectivity index (χ4n) is 2.47. The van der Waals surface area contributed by atoms with Crippen molar-refractivity contribution in [2.45, 2.75) is 24.9 Å². The fourth-order valence-corrected chi connectivity index (χ4v) is 2.47. The number of aromatic nitrogens is 1. The zero-order chi connectivity index (χ0) is 10.8. The second-order valence-corrected chi connectivity index (χ2v) is 4.51. The predicted molar refractivity (Wildman–Crippen MR) is 57.0 cm³/mol. The molecule has 2 fully saturated rings. The number of amides is 1. The molecule has 3 heterocycles. The summed E-state index contributed by atoms with van der Waals surface area (Å²) in [5.74, 6) is 0.801. The number of pyridine rings is 1. The molecule has 0 unspecified atom stereocenters. The Kier molecular flexibility index (Phi) is 1.25. The standard InChI is InChI=1S/C11H10N4O/c16-9-11(2-3-11)15-6-7-1-4-12-5-8(7)13-10(15)14-9/h1,4-5H,2-3,6H2,(H,13,14,16). The van der Waals surface area contributed by atoms with Crippen LogP contribution in [0.25, 0.3) is 0 Å². The Morgan fingerprint density at radius 3 is 3.12 bits per heavy atom. The summed E-state index contributed by atoms with van der Waals surface area (Å²) in [6, 6.07) is 1.97. The summed E-state index contributed by atoms with van der Waals surface area (Å²) in [7, 11) is 0.